The molecule has 0 saturated carbocycles. The molecular formula is C14H18F3N3. The molecule has 0 spiro atoms. The molecule has 1 unspecified atom stereocenters. The predicted octanol–water partition coefficient (Wildman–Crippen LogP) is 3.50. The average molecular weight is 285 g/mol. The Hall–Kier alpha value is -1.40. The van der Waals surface area contributed by atoms with Gasteiger partial charge < -0.3 is 0 Å². The second-order valence-electron chi connectivity index (χ2n) is 4.95. The normalized spacial score (nSPS) is 18.3. The molecule has 6 heteroatoms. The van der Waals surface area contributed by atoms with Crippen molar-refractivity contribution in [1.29, 1.82) is 0 Å². The summed E-state index contributed by atoms with van der Waals surface area (Å²) in [6.07, 6.45) is 3.88. The van der Waals surface area contributed by atoms with Crippen molar-refractivity contribution < 1.29 is 13.2 Å². The Morgan fingerprint density at radius 1 is 1.20 bits per heavy atom. The van der Waals surface area contributed by atoms with E-state index >= 15 is 0 Å². The molecular weight excluding hydrogens is 267 g/mol. The van der Waals surface area contributed by atoms with Gasteiger partial charge in [-0.15, -0.1) is 0 Å². The number of alkyl halides is 3. The lowest BCUT2D eigenvalue weighted by molar-refractivity contribution is -0.137. The average Bonchev–Trinajstić information content (AvgIpc) is 2.68. The van der Waals surface area contributed by atoms with E-state index in [2.05, 4.69) is 16.5 Å². The van der Waals surface area contributed by atoms with Crippen molar-refractivity contribution in [1.82, 2.24) is 10.4 Å². The molecule has 1 heterocycles. The second kappa shape index (κ2) is 6.37. The molecule has 110 valence electrons. The zero-order valence-electron chi connectivity index (χ0n) is 11.1. The molecule has 0 radical (unpaired) electrons. The van der Waals surface area contributed by atoms with Crippen molar-refractivity contribution in [3.8, 4) is 0 Å². The van der Waals surface area contributed by atoms with E-state index in [0.29, 0.717) is 5.69 Å². The number of rotatable bonds is 3. The third-order valence-electron chi connectivity index (χ3n) is 3.52. The number of allylic oxidation sites excluding steroid dienone is 1. The molecule has 20 heavy (non-hydrogen) atoms. The maximum atomic E-state index is 12.5. The molecule has 3 nitrogen and oxygen atoms in total. The van der Waals surface area contributed by atoms with Crippen molar-refractivity contribution in [2.75, 3.05) is 0 Å². The largest absolute Gasteiger partial charge is 0.417 e. The topological polar surface area (TPSA) is 50.9 Å². The summed E-state index contributed by atoms with van der Waals surface area (Å²) in [6.45, 7) is 0. The van der Waals surface area contributed by atoms with E-state index < -0.39 is 11.7 Å². The number of nitrogens with zero attached hydrogens (tertiary/aromatic N) is 1. The highest BCUT2D eigenvalue weighted by Crippen LogP contribution is 2.31. The molecule has 0 fully saturated rings. The number of halogens is 3. The quantitative estimate of drug-likeness (QED) is 0.508. The molecule has 1 atom stereocenters. The van der Waals surface area contributed by atoms with Crippen molar-refractivity contribution in [2.24, 2.45) is 5.84 Å². The lowest BCUT2D eigenvalue weighted by Gasteiger charge is -2.19. The van der Waals surface area contributed by atoms with Crippen LogP contribution < -0.4 is 11.3 Å². The fourth-order valence-corrected chi connectivity index (χ4v) is 2.43. The van der Waals surface area contributed by atoms with E-state index in [4.69, 9.17) is 5.84 Å². The molecule has 0 bridgehead atoms. The van der Waals surface area contributed by atoms with Gasteiger partial charge >= 0.3 is 6.18 Å². The molecule has 2 rings (SSSR count). The minimum Gasteiger partial charge on any atom is -0.271 e. The van der Waals surface area contributed by atoms with Gasteiger partial charge in [0.1, 0.15) is 0 Å². The Balaban J connectivity index is 2.21. The third kappa shape index (κ3) is 3.58. The Bertz CT molecular complexity index is 466. The first-order valence-electron chi connectivity index (χ1n) is 6.70. The summed E-state index contributed by atoms with van der Waals surface area (Å²) in [5.74, 6) is 5.56. The van der Waals surface area contributed by atoms with E-state index in [0.717, 1.165) is 49.9 Å². The number of hydrogen-bond donors (Lipinski definition) is 2. The summed E-state index contributed by atoms with van der Waals surface area (Å²) in [7, 11) is 0. The lowest BCUT2D eigenvalue weighted by atomic mass is 9.99. The Labute approximate surface area is 116 Å². The predicted molar refractivity (Wildman–Crippen MR) is 70.5 cm³/mol. The van der Waals surface area contributed by atoms with Gasteiger partial charge in [0.25, 0.3) is 0 Å². The van der Waals surface area contributed by atoms with Gasteiger partial charge in [0.05, 0.1) is 17.3 Å². The Morgan fingerprint density at radius 2 is 2.00 bits per heavy atom. The molecule has 3 N–H and O–H groups in total. The van der Waals surface area contributed by atoms with E-state index in [1.54, 1.807) is 0 Å². The van der Waals surface area contributed by atoms with Crippen molar-refractivity contribution in [3.05, 3.63) is 41.2 Å². The van der Waals surface area contributed by atoms with Crippen LogP contribution in [0.2, 0.25) is 0 Å². The van der Waals surface area contributed by atoms with Crippen LogP contribution in [0.3, 0.4) is 0 Å². The van der Waals surface area contributed by atoms with Gasteiger partial charge in [-0.3, -0.25) is 10.8 Å². The standard InChI is InChI=1S/C14H18F3N3/c15-14(16,17)11-7-8-12(19-9-11)13(20-18)10-5-3-1-2-4-6-10/h5,7-9,13,20H,1-4,6,18H2. The summed E-state index contributed by atoms with van der Waals surface area (Å²) >= 11 is 0. The minimum atomic E-state index is -4.36. The number of aromatic nitrogens is 1. The van der Waals surface area contributed by atoms with Crippen LogP contribution in [0, 0.1) is 0 Å². The summed E-state index contributed by atoms with van der Waals surface area (Å²) < 4.78 is 37.6. The summed E-state index contributed by atoms with van der Waals surface area (Å²) in [4.78, 5) is 3.92. The smallest absolute Gasteiger partial charge is 0.271 e. The first-order chi connectivity index (χ1) is 9.52. The summed E-state index contributed by atoms with van der Waals surface area (Å²) in [5, 5.41) is 0. The van der Waals surface area contributed by atoms with Crippen LogP contribution in [0.4, 0.5) is 13.2 Å². The highest BCUT2D eigenvalue weighted by Gasteiger charge is 2.31. The van der Waals surface area contributed by atoms with Gasteiger partial charge in [-0.05, 0) is 37.8 Å². The molecule has 1 aromatic heterocycles. The maximum absolute atomic E-state index is 12.5. The molecule has 0 amide bonds. The fourth-order valence-electron chi connectivity index (χ4n) is 2.43. The molecule has 0 aliphatic heterocycles. The SMILES string of the molecule is NNC(C1=CCCCCC1)c1ccc(C(F)(F)F)cn1. The van der Waals surface area contributed by atoms with Crippen LogP contribution in [0.15, 0.2) is 30.0 Å². The molecule has 0 aromatic carbocycles. The van der Waals surface area contributed by atoms with Crippen LogP contribution in [-0.4, -0.2) is 4.98 Å². The molecule has 1 aromatic rings. The summed E-state index contributed by atoms with van der Waals surface area (Å²) in [6, 6.07) is 2.12. The van der Waals surface area contributed by atoms with Gasteiger partial charge in [0, 0.05) is 6.20 Å². The zero-order valence-corrected chi connectivity index (χ0v) is 11.1. The number of hydrazine groups is 1. The van der Waals surface area contributed by atoms with Gasteiger partial charge in [-0.25, -0.2) is 5.43 Å². The first-order valence-corrected chi connectivity index (χ1v) is 6.70. The van der Waals surface area contributed by atoms with Crippen LogP contribution in [0.5, 0.6) is 0 Å². The highest BCUT2D eigenvalue weighted by atomic mass is 19.4. The van der Waals surface area contributed by atoms with Crippen molar-refractivity contribution in [3.63, 3.8) is 0 Å². The number of pyridine rings is 1. The second-order valence-corrected chi connectivity index (χ2v) is 4.95. The molecule has 0 saturated heterocycles. The van der Waals surface area contributed by atoms with Crippen LogP contribution >= 0.6 is 0 Å². The third-order valence-corrected chi connectivity index (χ3v) is 3.52. The fraction of sp³-hybridized carbons (Fsp3) is 0.500. The van der Waals surface area contributed by atoms with E-state index in [9.17, 15) is 13.2 Å². The molecule has 1 aliphatic rings. The van der Waals surface area contributed by atoms with E-state index in [-0.39, 0.29) is 6.04 Å². The van der Waals surface area contributed by atoms with Gasteiger partial charge in [0.2, 0.25) is 0 Å². The van der Waals surface area contributed by atoms with E-state index in [1.807, 2.05) is 0 Å². The van der Waals surface area contributed by atoms with Crippen LogP contribution in [0.1, 0.15) is 49.4 Å². The summed E-state index contributed by atoms with van der Waals surface area (Å²) in [5.41, 5.74) is 3.55. The maximum Gasteiger partial charge on any atom is 0.417 e. The van der Waals surface area contributed by atoms with Gasteiger partial charge in [0.15, 0.2) is 0 Å². The van der Waals surface area contributed by atoms with Gasteiger partial charge in [-0.2, -0.15) is 13.2 Å². The lowest BCUT2D eigenvalue weighted by Crippen LogP contribution is -2.30. The first kappa shape index (κ1) is 15.0. The van der Waals surface area contributed by atoms with Crippen molar-refractivity contribution in [2.45, 2.75) is 44.3 Å². The number of nitrogens with two attached hydrogens (primary N) is 1. The number of nitrogens with one attached hydrogen (secondary N) is 1. The Morgan fingerprint density at radius 3 is 2.60 bits per heavy atom. The zero-order chi connectivity index (χ0) is 14.6. The molecule has 1 aliphatic carbocycles. The number of hydrogen-bond acceptors (Lipinski definition) is 3. The highest BCUT2D eigenvalue weighted by molar-refractivity contribution is 5.26. The van der Waals surface area contributed by atoms with Gasteiger partial charge in [-0.1, -0.05) is 18.1 Å². The Kier molecular flexibility index (Phi) is 4.77. The monoisotopic (exact) mass is 285 g/mol. The van der Waals surface area contributed by atoms with Crippen LogP contribution in [-0.2, 0) is 6.18 Å². The van der Waals surface area contributed by atoms with Crippen molar-refractivity contribution >= 4 is 0 Å². The van der Waals surface area contributed by atoms with Crippen LogP contribution in [0.25, 0.3) is 0 Å². The van der Waals surface area contributed by atoms with E-state index in [1.165, 1.54) is 6.07 Å². The minimum absolute atomic E-state index is 0.310.